The normalized spacial score (nSPS) is 13.2. The van der Waals surface area contributed by atoms with Gasteiger partial charge < -0.3 is 19.4 Å². The summed E-state index contributed by atoms with van der Waals surface area (Å²) in [4.78, 5) is 16.6. The van der Waals surface area contributed by atoms with Crippen molar-refractivity contribution in [3.8, 4) is 11.5 Å². The predicted octanol–water partition coefficient (Wildman–Crippen LogP) is 5.14. The van der Waals surface area contributed by atoms with E-state index < -0.39 is 0 Å². The van der Waals surface area contributed by atoms with Crippen LogP contribution in [-0.4, -0.2) is 35.7 Å². The highest BCUT2D eigenvalue weighted by molar-refractivity contribution is 5.80. The molecule has 1 aromatic heterocycles. The smallest absolute Gasteiger partial charge is 0.223 e. The summed E-state index contributed by atoms with van der Waals surface area (Å²) in [6.45, 7) is 2.41. The van der Waals surface area contributed by atoms with E-state index >= 15 is 0 Å². The molecule has 1 N–H and O–H groups in total. The Labute approximate surface area is 196 Å². The highest BCUT2D eigenvalue weighted by atomic mass is 16.5. The van der Waals surface area contributed by atoms with Gasteiger partial charge in [-0.3, -0.25) is 4.79 Å². The van der Waals surface area contributed by atoms with Crippen LogP contribution in [0, 0.1) is 5.92 Å². The maximum atomic E-state index is 11.7. The van der Waals surface area contributed by atoms with Gasteiger partial charge >= 0.3 is 0 Å². The number of nitrogens with zero attached hydrogens (tertiary/aromatic N) is 2. The second-order valence-electron chi connectivity index (χ2n) is 8.78. The fourth-order valence-corrected chi connectivity index (χ4v) is 4.11. The summed E-state index contributed by atoms with van der Waals surface area (Å²) in [5.41, 5.74) is 2.27. The van der Waals surface area contributed by atoms with Gasteiger partial charge in [-0.25, -0.2) is 4.98 Å². The monoisotopic (exact) mass is 449 g/mol. The zero-order chi connectivity index (χ0) is 22.9. The molecule has 1 saturated carbocycles. The van der Waals surface area contributed by atoms with Crippen molar-refractivity contribution in [1.29, 1.82) is 0 Å². The second kappa shape index (κ2) is 11.7. The van der Waals surface area contributed by atoms with Crippen molar-refractivity contribution < 1.29 is 14.3 Å². The first kappa shape index (κ1) is 23.1. The molecule has 1 heterocycles. The van der Waals surface area contributed by atoms with Crippen molar-refractivity contribution in [2.45, 2.75) is 57.9 Å². The third kappa shape index (κ3) is 6.73. The quantitative estimate of drug-likeness (QED) is 0.346. The van der Waals surface area contributed by atoms with Gasteiger partial charge in [0.25, 0.3) is 0 Å². The molecule has 0 unspecified atom stereocenters. The summed E-state index contributed by atoms with van der Waals surface area (Å²) in [5.74, 6) is 3.36. The van der Waals surface area contributed by atoms with E-state index in [-0.39, 0.29) is 5.91 Å². The Bertz CT molecular complexity index is 1040. The molecule has 3 aromatic rings. The lowest BCUT2D eigenvalue weighted by Crippen LogP contribution is -2.25. The van der Waals surface area contributed by atoms with Crippen molar-refractivity contribution >= 4 is 16.9 Å². The maximum Gasteiger partial charge on any atom is 0.223 e. The molecule has 6 heteroatoms. The first-order valence-electron chi connectivity index (χ1n) is 12.2. The molecular weight excluding hydrogens is 414 g/mol. The van der Waals surface area contributed by atoms with Crippen LogP contribution in [0.15, 0.2) is 48.5 Å². The van der Waals surface area contributed by atoms with E-state index in [4.69, 9.17) is 14.5 Å². The molecule has 0 bridgehead atoms. The van der Waals surface area contributed by atoms with Gasteiger partial charge in [-0.15, -0.1) is 0 Å². The lowest BCUT2D eigenvalue weighted by molar-refractivity contribution is -0.122. The van der Waals surface area contributed by atoms with E-state index in [0.29, 0.717) is 12.5 Å². The summed E-state index contributed by atoms with van der Waals surface area (Å²) in [6, 6.07) is 16.1. The van der Waals surface area contributed by atoms with E-state index in [2.05, 4.69) is 28.1 Å². The number of nitrogens with one attached hydrogen (secondary N) is 1. The SMILES string of the molecule is COc1cccc(OCCCCn2c(CCCCCNC(=O)C3CC3)nc3ccccc32)c1. The Morgan fingerprint density at radius 1 is 1.03 bits per heavy atom. The molecule has 0 aliphatic heterocycles. The van der Waals surface area contributed by atoms with Crippen LogP contribution in [0.4, 0.5) is 0 Å². The average Bonchev–Trinajstić information content (AvgIpc) is 3.64. The van der Waals surface area contributed by atoms with Gasteiger partial charge in [0.05, 0.1) is 24.8 Å². The standard InChI is InChI=1S/C27H35N3O3/c1-32-22-10-9-11-23(20-22)33-19-8-7-18-30-25-13-5-4-12-24(25)29-26(30)14-3-2-6-17-28-27(31)21-15-16-21/h4-5,9-13,20-21H,2-3,6-8,14-19H2,1H3,(H,28,31). The number of aryl methyl sites for hydroxylation is 2. The van der Waals surface area contributed by atoms with Gasteiger partial charge in [0, 0.05) is 31.5 Å². The van der Waals surface area contributed by atoms with E-state index in [1.54, 1.807) is 7.11 Å². The number of para-hydroxylation sites is 2. The van der Waals surface area contributed by atoms with E-state index in [1.165, 1.54) is 5.52 Å². The van der Waals surface area contributed by atoms with Gasteiger partial charge in [0.15, 0.2) is 0 Å². The number of unbranched alkanes of at least 4 members (excludes halogenated alkanes) is 3. The summed E-state index contributed by atoms with van der Waals surface area (Å²) in [7, 11) is 1.67. The lowest BCUT2D eigenvalue weighted by atomic mass is 10.2. The Morgan fingerprint density at radius 2 is 1.88 bits per heavy atom. The number of benzene rings is 2. The third-order valence-corrected chi connectivity index (χ3v) is 6.14. The number of carbonyl (C=O) groups is 1. The Balaban J connectivity index is 1.22. The van der Waals surface area contributed by atoms with Gasteiger partial charge in [0.2, 0.25) is 5.91 Å². The molecule has 4 rings (SSSR count). The molecule has 2 aromatic carbocycles. The number of fused-ring (bicyclic) bond motifs is 1. The first-order valence-corrected chi connectivity index (χ1v) is 12.2. The first-order chi connectivity index (χ1) is 16.2. The van der Waals surface area contributed by atoms with Crippen molar-refractivity contribution in [2.75, 3.05) is 20.3 Å². The molecule has 1 amide bonds. The number of rotatable bonds is 14. The van der Waals surface area contributed by atoms with Crippen molar-refractivity contribution in [2.24, 2.45) is 5.92 Å². The fourth-order valence-electron chi connectivity index (χ4n) is 4.11. The Kier molecular flexibility index (Phi) is 8.23. The molecule has 6 nitrogen and oxygen atoms in total. The summed E-state index contributed by atoms with van der Waals surface area (Å²) < 4.78 is 13.5. The average molecular weight is 450 g/mol. The summed E-state index contributed by atoms with van der Waals surface area (Å²) in [5, 5.41) is 3.06. The zero-order valence-corrected chi connectivity index (χ0v) is 19.6. The Hall–Kier alpha value is -3.02. The second-order valence-corrected chi connectivity index (χ2v) is 8.78. The molecule has 0 atom stereocenters. The number of imidazole rings is 1. The largest absolute Gasteiger partial charge is 0.497 e. The van der Waals surface area contributed by atoms with Gasteiger partial charge in [-0.2, -0.15) is 0 Å². The van der Waals surface area contributed by atoms with Crippen molar-refractivity contribution in [3.63, 3.8) is 0 Å². The molecule has 1 fully saturated rings. The molecule has 1 aliphatic rings. The number of methoxy groups -OCH3 is 1. The van der Waals surface area contributed by atoms with Crippen molar-refractivity contribution in [1.82, 2.24) is 14.9 Å². The number of hydrogen-bond donors (Lipinski definition) is 1. The topological polar surface area (TPSA) is 65.4 Å². The van der Waals surface area contributed by atoms with Crippen LogP contribution in [0.2, 0.25) is 0 Å². The number of carbonyl (C=O) groups excluding carboxylic acids is 1. The molecule has 33 heavy (non-hydrogen) atoms. The molecule has 0 radical (unpaired) electrons. The minimum Gasteiger partial charge on any atom is -0.497 e. The number of amides is 1. The fraction of sp³-hybridized carbons (Fsp3) is 0.481. The lowest BCUT2D eigenvalue weighted by Gasteiger charge is -2.11. The van der Waals surface area contributed by atoms with Crippen LogP contribution in [-0.2, 0) is 17.8 Å². The van der Waals surface area contributed by atoms with Crippen LogP contribution in [0.1, 0.15) is 50.8 Å². The third-order valence-electron chi connectivity index (χ3n) is 6.14. The van der Waals surface area contributed by atoms with E-state index in [1.807, 2.05) is 30.3 Å². The Morgan fingerprint density at radius 3 is 2.73 bits per heavy atom. The highest BCUT2D eigenvalue weighted by Crippen LogP contribution is 2.28. The van der Waals surface area contributed by atoms with Crippen molar-refractivity contribution in [3.05, 3.63) is 54.4 Å². The van der Waals surface area contributed by atoms with Crippen LogP contribution < -0.4 is 14.8 Å². The van der Waals surface area contributed by atoms with Gasteiger partial charge in [-0.05, 0) is 62.8 Å². The molecular formula is C27H35N3O3. The van der Waals surface area contributed by atoms with Gasteiger partial charge in [-0.1, -0.05) is 24.6 Å². The van der Waals surface area contributed by atoms with Crippen LogP contribution >= 0.6 is 0 Å². The molecule has 0 spiro atoms. The molecule has 176 valence electrons. The maximum absolute atomic E-state index is 11.7. The van der Waals surface area contributed by atoms with E-state index in [0.717, 1.165) is 87.3 Å². The van der Waals surface area contributed by atoms with E-state index in [9.17, 15) is 4.79 Å². The molecule has 1 aliphatic carbocycles. The number of aromatic nitrogens is 2. The van der Waals surface area contributed by atoms with Gasteiger partial charge in [0.1, 0.15) is 17.3 Å². The van der Waals surface area contributed by atoms with Crippen LogP contribution in [0.3, 0.4) is 0 Å². The minimum atomic E-state index is 0.243. The predicted molar refractivity (Wildman–Crippen MR) is 131 cm³/mol. The minimum absolute atomic E-state index is 0.243. The van der Waals surface area contributed by atoms with Crippen LogP contribution in [0.5, 0.6) is 11.5 Å². The zero-order valence-electron chi connectivity index (χ0n) is 19.6. The number of hydrogen-bond acceptors (Lipinski definition) is 4. The summed E-state index contributed by atoms with van der Waals surface area (Å²) in [6.07, 6.45) is 8.31. The number of ether oxygens (including phenoxy) is 2. The summed E-state index contributed by atoms with van der Waals surface area (Å²) >= 11 is 0. The van der Waals surface area contributed by atoms with Crippen LogP contribution in [0.25, 0.3) is 11.0 Å². The highest BCUT2D eigenvalue weighted by Gasteiger charge is 2.28. The molecule has 0 saturated heterocycles.